The highest BCUT2D eigenvalue weighted by molar-refractivity contribution is 6.31. The quantitative estimate of drug-likeness (QED) is 0.424. The normalized spacial score (nSPS) is 18.8. The number of rotatable bonds is 6. The molecular weight excluding hydrogens is 352 g/mol. The van der Waals surface area contributed by atoms with Crippen molar-refractivity contribution in [3.8, 4) is 5.75 Å². The van der Waals surface area contributed by atoms with E-state index in [0.717, 1.165) is 24.0 Å². The second-order valence-electron chi connectivity index (χ2n) is 7.98. The molecule has 0 bridgehead atoms. The highest BCUT2D eigenvalue weighted by Crippen LogP contribution is 2.42. The highest BCUT2D eigenvalue weighted by atomic mass is 35.5. The number of halogens is 1. The molecule has 26 heavy (non-hydrogen) atoms. The summed E-state index contributed by atoms with van der Waals surface area (Å²) in [5.41, 5.74) is 2.08. The van der Waals surface area contributed by atoms with Gasteiger partial charge in [-0.2, -0.15) is 0 Å². The number of ketones is 1. The molecule has 1 aliphatic rings. The molecule has 1 aromatic rings. The molecule has 0 aromatic carbocycles. The summed E-state index contributed by atoms with van der Waals surface area (Å²) in [6.07, 6.45) is 3.41. The van der Waals surface area contributed by atoms with E-state index < -0.39 is 0 Å². The van der Waals surface area contributed by atoms with Crippen LogP contribution in [0.2, 0.25) is 5.15 Å². The van der Waals surface area contributed by atoms with Crippen LogP contribution in [0.25, 0.3) is 0 Å². The first-order chi connectivity index (χ1) is 12.1. The molecule has 1 aromatic heterocycles. The Morgan fingerprint density at radius 1 is 1.35 bits per heavy atom. The maximum absolute atomic E-state index is 13.1. The largest absolute Gasteiger partial charge is 0.490 e. The van der Waals surface area contributed by atoms with Crippen molar-refractivity contribution in [3.05, 3.63) is 34.2 Å². The van der Waals surface area contributed by atoms with E-state index in [4.69, 9.17) is 21.1 Å². The summed E-state index contributed by atoms with van der Waals surface area (Å²) in [5, 5.41) is 0.230. The lowest BCUT2D eigenvalue weighted by Gasteiger charge is -2.36. The van der Waals surface area contributed by atoms with Gasteiger partial charge in [0.25, 0.3) is 0 Å². The number of pyridine rings is 1. The van der Waals surface area contributed by atoms with Crippen LogP contribution in [0.15, 0.2) is 17.8 Å². The average Bonchev–Trinajstić information content (AvgIpc) is 2.53. The van der Waals surface area contributed by atoms with E-state index in [-0.39, 0.29) is 22.3 Å². The summed E-state index contributed by atoms with van der Waals surface area (Å²) in [4.78, 5) is 19.4. The summed E-state index contributed by atoms with van der Waals surface area (Å²) in [6, 6.07) is 1.88. The molecule has 0 spiro atoms. The third kappa shape index (κ3) is 4.77. The lowest BCUT2D eigenvalue weighted by atomic mass is 9.68. The standard InChI is InChI=1S/C20H29ClN2O3/c1-20(2,3)15-10-13-11-16(26-9-7-8-25-6)19(21)22-17(13)18(24)14(15)12-23(4)5/h11-12,15H,7-10H2,1-6H3. The van der Waals surface area contributed by atoms with Crippen LogP contribution in [0.5, 0.6) is 5.75 Å². The summed E-state index contributed by atoms with van der Waals surface area (Å²) in [6.45, 7) is 7.59. The predicted octanol–water partition coefficient (Wildman–Crippen LogP) is 4.00. The Hall–Kier alpha value is -1.59. The van der Waals surface area contributed by atoms with Gasteiger partial charge in [-0.1, -0.05) is 32.4 Å². The first-order valence-corrected chi connectivity index (χ1v) is 9.27. The van der Waals surface area contributed by atoms with Gasteiger partial charge in [0, 0.05) is 46.0 Å². The third-order valence-electron chi connectivity index (χ3n) is 4.49. The molecule has 2 rings (SSSR count). The maximum Gasteiger partial charge on any atom is 0.209 e. The second kappa shape index (κ2) is 8.40. The molecular formula is C20H29ClN2O3. The molecule has 0 saturated heterocycles. The van der Waals surface area contributed by atoms with Gasteiger partial charge in [-0.05, 0) is 29.4 Å². The zero-order valence-corrected chi connectivity index (χ0v) is 17.3. The van der Waals surface area contributed by atoms with Crippen LogP contribution in [0, 0.1) is 11.3 Å². The molecule has 1 atom stereocenters. The zero-order valence-electron chi connectivity index (χ0n) is 16.6. The molecule has 0 radical (unpaired) electrons. The molecule has 0 fully saturated rings. The van der Waals surface area contributed by atoms with E-state index in [1.54, 1.807) is 7.11 Å². The number of Topliss-reactive ketones (excluding diaryl/α,β-unsaturated/α-hetero) is 1. The molecule has 0 amide bonds. The molecule has 6 heteroatoms. The number of allylic oxidation sites excluding steroid dienone is 1. The first-order valence-electron chi connectivity index (χ1n) is 8.89. The Kier molecular flexibility index (Phi) is 6.69. The Morgan fingerprint density at radius 2 is 2.04 bits per heavy atom. The number of fused-ring (bicyclic) bond motifs is 1. The van der Waals surface area contributed by atoms with Crippen molar-refractivity contribution in [3.63, 3.8) is 0 Å². The van der Waals surface area contributed by atoms with Gasteiger partial charge in [0.05, 0.1) is 6.61 Å². The lowest BCUT2D eigenvalue weighted by molar-refractivity contribution is 0.0977. The van der Waals surface area contributed by atoms with Crippen LogP contribution in [0.3, 0.4) is 0 Å². The summed E-state index contributed by atoms with van der Waals surface area (Å²) in [7, 11) is 5.50. The van der Waals surface area contributed by atoms with Gasteiger partial charge < -0.3 is 14.4 Å². The average molecular weight is 381 g/mol. The fourth-order valence-corrected chi connectivity index (χ4v) is 3.37. The van der Waals surface area contributed by atoms with E-state index in [0.29, 0.717) is 24.7 Å². The minimum Gasteiger partial charge on any atom is -0.490 e. The van der Waals surface area contributed by atoms with E-state index in [9.17, 15) is 4.79 Å². The van der Waals surface area contributed by atoms with Crippen LogP contribution in [-0.2, 0) is 11.2 Å². The molecule has 1 aliphatic carbocycles. The van der Waals surface area contributed by atoms with Crippen molar-refractivity contribution in [1.82, 2.24) is 9.88 Å². The fraction of sp³-hybridized carbons (Fsp3) is 0.600. The number of nitrogens with zero attached hydrogens (tertiary/aromatic N) is 2. The van der Waals surface area contributed by atoms with E-state index in [1.165, 1.54) is 0 Å². The minimum atomic E-state index is -0.0484. The first kappa shape index (κ1) is 20.7. The van der Waals surface area contributed by atoms with Crippen molar-refractivity contribution in [2.45, 2.75) is 33.6 Å². The highest BCUT2D eigenvalue weighted by Gasteiger charge is 2.38. The number of aromatic nitrogens is 1. The monoisotopic (exact) mass is 380 g/mol. The van der Waals surface area contributed by atoms with Crippen molar-refractivity contribution in [2.75, 3.05) is 34.4 Å². The molecule has 1 unspecified atom stereocenters. The molecule has 0 aliphatic heterocycles. The van der Waals surface area contributed by atoms with Crippen molar-refractivity contribution in [1.29, 1.82) is 0 Å². The summed E-state index contributed by atoms with van der Waals surface area (Å²) >= 11 is 6.27. The van der Waals surface area contributed by atoms with Crippen molar-refractivity contribution in [2.24, 2.45) is 11.3 Å². The molecule has 0 saturated carbocycles. The van der Waals surface area contributed by atoms with E-state index in [1.807, 2.05) is 31.3 Å². The zero-order chi connectivity index (χ0) is 19.5. The minimum absolute atomic E-state index is 0.0473. The number of carbonyl (C=O) groups excluding carboxylic acids is 1. The van der Waals surface area contributed by atoms with Crippen LogP contribution in [0.4, 0.5) is 0 Å². The summed E-state index contributed by atoms with van der Waals surface area (Å²) < 4.78 is 10.8. The van der Waals surface area contributed by atoms with E-state index in [2.05, 4.69) is 25.8 Å². The number of hydrogen-bond acceptors (Lipinski definition) is 5. The van der Waals surface area contributed by atoms with Crippen molar-refractivity contribution < 1.29 is 14.3 Å². The predicted molar refractivity (Wildman–Crippen MR) is 104 cm³/mol. The molecule has 144 valence electrons. The molecule has 0 N–H and O–H groups in total. The lowest BCUT2D eigenvalue weighted by Crippen LogP contribution is -2.34. The van der Waals surface area contributed by atoms with Gasteiger partial charge in [-0.15, -0.1) is 0 Å². The second-order valence-corrected chi connectivity index (χ2v) is 8.34. The Morgan fingerprint density at radius 3 is 2.62 bits per heavy atom. The smallest absolute Gasteiger partial charge is 0.209 e. The van der Waals surface area contributed by atoms with Crippen LogP contribution < -0.4 is 4.74 Å². The van der Waals surface area contributed by atoms with Gasteiger partial charge >= 0.3 is 0 Å². The number of carbonyl (C=O) groups is 1. The number of ether oxygens (including phenoxy) is 2. The van der Waals surface area contributed by atoms with Crippen LogP contribution >= 0.6 is 11.6 Å². The topological polar surface area (TPSA) is 51.7 Å². The van der Waals surface area contributed by atoms with Crippen LogP contribution in [0.1, 0.15) is 43.2 Å². The van der Waals surface area contributed by atoms with Crippen molar-refractivity contribution >= 4 is 17.4 Å². The Labute approximate surface area is 161 Å². The van der Waals surface area contributed by atoms with Gasteiger partial charge in [-0.3, -0.25) is 4.79 Å². The van der Waals surface area contributed by atoms with Gasteiger partial charge in [0.1, 0.15) is 5.69 Å². The number of methoxy groups -OCH3 is 1. The third-order valence-corrected chi connectivity index (χ3v) is 4.76. The number of hydrogen-bond donors (Lipinski definition) is 0. The molecule has 5 nitrogen and oxygen atoms in total. The van der Waals surface area contributed by atoms with Gasteiger partial charge in [0.2, 0.25) is 5.78 Å². The van der Waals surface area contributed by atoms with Crippen LogP contribution in [-0.4, -0.2) is 50.1 Å². The SMILES string of the molecule is COCCCOc1cc2c(nc1Cl)C(=O)C(=CN(C)C)C(C(C)(C)C)C2. The maximum atomic E-state index is 13.1. The van der Waals surface area contributed by atoms with Gasteiger partial charge in [0.15, 0.2) is 10.9 Å². The molecule has 1 heterocycles. The fourth-order valence-electron chi connectivity index (χ4n) is 3.17. The Bertz CT molecular complexity index is 693. The summed E-state index contributed by atoms with van der Waals surface area (Å²) in [5.74, 6) is 0.587. The van der Waals surface area contributed by atoms with E-state index >= 15 is 0 Å². The van der Waals surface area contributed by atoms with Gasteiger partial charge in [-0.25, -0.2) is 4.98 Å². The Balaban J connectivity index is 2.38.